The van der Waals surface area contributed by atoms with Gasteiger partial charge in [0.05, 0.1) is 26.0 Å². The summed E-state index contributed by atoms with van der Waals surface area (Å²) in [5, 5.41) is 3.33. The molecule has 4 rings (SSSR count). The zero-order valence-electron chi connectivity index (χ0n) is 17.3. The van der Waals surface area contributed by atoms with Gasteiger partial charge in [0.25, 0.3) is 5.16 Å². The van der Waals surface area contributed by atoms with Gasteiger partial charge in [0.2, 0.25) is 9.84 Å². The predicted molar refractivity (Wildman–Crippen MR) is 108 cm³/mol. The van der Waals surface area contributed by atoms with Crippen LogP contribution in [0.4, 0.5) is 4.79 Å². The molecule has 3 atom stereocenters. The summed E-state index contributed by atoms with van der Waals surface area (Å²) in [6.45, 7) is 0.250. The van der Waals surface area contributed by atoms with Gasteiger partial charge in [-0.15, -0.1) is 5.10 Å². The first kappa shape index (κ1) is 20.6. The number of carbonyl (C=O) groups is 1. The first-order chi connectivity index (χ1) is 14.3. The number of rotatable bonds is 6. The molecule has 0 unspecified atom stereocenters. The Morgan fingerprint density at radius 2 is 2.03 bits per heavy atom. The maximum Gasteiger partial charge on any atom is 0.346 e. The van der Waals surface area contributed by atoms with Crippen LogP contribution in [-0.2, 0) is 16.4 Å². The molecule has 10 heteroatoms. The molecule has 9 nitrogen and oxygen atoms in total. The van der Waals surface area contributed by atoms with Crippen molar-refractivity contribution in [2.45, 2.75) is 42.6 Å². The van der Waals surface area contributed by atoms with Gasteiger partial charge in [-0.1, -0.05) is 6.42 Å². The van der Waals surface area contributed by atoms with Gasteiger partial charge in [0.15, 0.2) is 0 Å². The molecule has 2 aliphatic carbocycles. The van der Waals surface area contributed by atoms with E-state index in [1.54, 1.807) is 33.4 Å². The average molecular weight is 435 g/mol. The quantitative estimate of drug-likeness (QED) is 0.687. The van der Waals surface area contributed by atoms with Gasteiger partial charge in [-0.2, -0.15) is 4.68 Å². The second-order valence-corrected chi connectivity index (χ2v) is 10.1. The summed E-state index contributed by atoms with van der Waals surface area (Å²) < 4.78 is 37.5. The molecule has 0 aliphatic heterocycles. The lowest BCUT2D eigenvalue weighted by Crippen LogP contribution is -2.32. The highest BCUT2D eigenvalue weighted by molar-refractivity contribution is 7.91. The lowest BCUT2D eigenvalue weighted by atomic mass is 10.0. The Labute approximate surface area is 175 Å². The molecule has 2 aliphatic rings. The number of aromatic nitrogens is 3. The Hall–Kier alpha value is -2.62. The first-order valence-corrected chi connectivity index (χ1v) is 11.5. The number of methoxy groups -OCH3 is 2. The SMILES string of the molecule is COc1ccc(CN(C)C(=O)n2cnc(S(=O)(=O)[C@@H]3C[C@H]4CC[C@@H]3C4)n2)c(OC)c1. The molecular formula is C20H26N4O5S. The predicted octanol–water partition coefficient (Wildman–Crippen LogP) is 2.36. The van der Waals surface area contributed by atoms with E-state index in [-0.39, 0.29) is 17.6 Å². The van der Waals surface area contributed by atoms with E-state index in [4.69, 9.17) is 9.47 Å². The minimum Gasteiger partial charge on any atom is -0.497 e. The molecular weight excluding hydrogens is 408 g/mol. The van der Waals surface area contributed by atoms with E-state index >= 15 is 0 Å². The van der Waals surface area contributed by atoms with Crippen molar-refractivity contribution in [2.75, 3.05) is 21.3 Å². The molecule has 2 fully saturated rings. The Morgan fingerprint density at radius 3 is 2.67 bits per heavy atom. The van der Waals surface area contributed by atoms with E-state index in [1.807, 2.05) is 6.07 Å². The standard InChI is InChI=1S/C20H26N4O5S/c1-23(11-15-6-7-16(28-2)10-17(15)29-3)20(25)24-12-21-19(22-24)30(26,27)18-9-13-4-5-14(18)8-13/h6-7,10,12-14,18H,4-5,8-9,11H2,1-3H3/t13-,14+,18+/m0/s1. The molecule has 0 N–H and O–H groups in total. The van der Waals surface area contributed by atoms with Crippen LogP contribution in [-0.4, -0.2) is 60.6 Å². The molecule has 1 heterocycles. The van der Waals surface area contributed by atoms with Crippen LogP contribution in [0.2, 0.25) is 0 Å². The number of benzene rings is 1. The molecule has 0 spiro atoms. The summed E-state index contributed by atoms with van der Waals surface area (Å²) in [6, 6.07) is 4.86. The maximum atomic E-state index is 13.0. The van der Waals surface area contributed by atoms with Crippen molar-refractivity contribution in [1.82, 2.24) is 19.7 Å². The van der Waals surface area contributed by atoms with Crippen molar-refractivity contribution < 1.29 is 22.7 Å². The topological polar surface area (TPSA) is 104 Å². The number of ether oxygens (including phenoxy) is 2. The normalized spacial score (nSPS) is 22.8. The summed E-state index contributed by atoms with van der Waals surface area (Å²) in [4.78, 5) is 18.2. The molecule has 2 aromatic rings. The maximum absolute atomic E-state index is 13.0. The molecule has 30 heavy (non-hydrogen) atoms. The van der Waals surface area contributed by atoms with Crippen LogP contribution >= 0.6 is 0 Å². The Morgan fingerprint density at radius 1 is 1.23 bits per heavy atom. The van der Waals surface area contributed by atoms with Gasteiger partial charge in [0.1, 0.15) is 17.8 Å². The smallest absolute Gasteiger partial charge is 0.346 e. The van der Waals surface area contributed by atoms with E-state index in [9.17, 15) is 13.2 Å². The number of amides is 1. The second kappa shape index (κ2) is 7.90. The molecule has 2 saturated carbocycles. The summed E-state index contributed by atoms with van der Waals surface area (Å²) >= 11 is 0. The molecule has 1 amide bonds. The number of hydrogen-bond donors (Lipinski definition) is 0. The van der Waals surface area contributed by atoms with Crippen LogP contribution in [0.15, 0.2) is 29.7 Å². The molecule has 1 aromatic carbocycles. The van der Waals surface area contributed by atoms with E-state index in [0.29, 0.717) is 23.8 Å². The molecule has 0 radical (unpaired) electrons. The van der Waals surface area contributed by atoms with E-state index in [0.717, 1.165) is 29.5 Å². The summed E-state index contributed by atoms with van der Waals surface area (Å²) in [6.07, 6.45) is 4.87. The van der Waals surface area contributed by atoms with Crippen molar-refractivity contribution in [3.05, 3.63) is 30.1 Å². The minimum absolute atomic E-state index is 0.188. The largest absolute Gasteiger partial charge is 0.497 e. The van der Waals surface area contributed by atoms with Crippen molar-refractivity contribution in [1.29, 1.82) is 0 Å². The molecule has 1 aromatic heterocycles. The van der Waals surface area contributed by atoms with E-state index < -0.39 is 21.1 Å². The fourth-order valence-corrected chi connectivity index (χ4v) is 6.60. The first-order valence-electron chi connectivity index (χ1n) is 9.95. The van der Waals surface area contributed by atoms with Crippen LogP contribution in [0.25, 0.3) is 0 Å². The zero-order valence-corrected chi connectivity index (χ0v) is 18.1. The number of nitrogens with zero attached hydrogens (tertiary/aromatic N) is 4. The fourth-order valence-electron chi connectivity index (χ4n) is 4.65. The van der Waals surface area contributed by atoms with Gasteiger partial charge >= 0.3 is 6.03 Å². The van der Waals surface area contributed by atoms with Crippen molar-refractivity contribution in [3.8, 4) is 11.5 Å². The zero-order chi connectivity index (χ0) is 21.5. The number of fused-ring (bicyclic) bond motifs is 2. The highest BCUT2D eigenvalue weighted by Gasteiger charge is 2.47. The number of hydrogen-bond acceptors (Lipinski definition) is 7. The van der Waals surface area contributed by atoms with Crippen LogP contribution < -0.4 is 9.47 Å². The molecule has 162 valence electrons. The summed E-state index contributed by atoms with van der Waals surface area (Å²) in [5.41, 5.74) is 0.782. The monoisotopic (exact) mass is 434 g/mol. The number of carbonyl (C=O) groups excluding carboxylic acids is 1. The van der Waals surface area contributed by atoms with Crippen molar-refractivity contribution in [3.63, 3.8) is 0 Å². The average Bonchev–Trinajstić information content (AvgIpc) is 3.50. The van der Waals surface area contributed by atoms with Gasteiger partial charge < -0.3 is 14.4 Å². The highest BCUT2D eigenvalue weighted by atomic mass is 32.2. The van der Waals surface area contributed by atoms with Crippen LogP contribution in [0, 0.1) is 11.8 Å². The van der Waals surface area contributed by atoms with E-state index in [2.05, 4.69) is 10.1 Å². The lowest BCUT2D eigenvalue weighted by Gasteiger charge is -2.20. The Bertz CT molecular complexity index is 1050. The third-order valence-corrected chi connectivity index (χ3v) is 8.29. The van der Waals surface area contributed by atoms with Gasteiger partial charge in [0, 0.05) is 18.7 Å². The van der Waals surface area contributed by atoms with Crippen LogP contribution in [0.5, 0.6) is 11.5 Å². The van der Waals surface area contributed by atoms with Crippen LogP contribution in [0.1, 0.15) is 31.2 Å². The van der Waals surface area contributed by atoms with Gasteiger partial charge in [-0.05, 0) is 43.2 Å². The fraction of sp³-hybridized carbons (Fsp3) is 0.550. The Balaban J connectivity index is 1.49. The summed E-state index contributed by atoms with van der Waals surface area (Å²) in [7, 11) is 1.09. The van der Waals surface area contributed by atoms with Gasteiger partial charge in [-0.3, -0.25) is 0 Å². The van der Waals surface area contributed by atoms with Crippen LogP contribution in [0.3, 0.4) is 0 Å². The van der Waals surface area contributed by atoms with Gasteiger partial charge in [-0.25, -0.2) is 18.2 Å². The van der Waals surface area contributed by atoms with Crippen molar-refractivity contribution in [2.24, 2.45) is 11.8 Å². The lowest BCUT2D eigenvalue weighted by molar-refractivity contribution is 0.204. The summed E-state index contributed by atoms with van der Waals surface area (Å²) in [5.74, 6) is 1.92. The third kappa shape index (κ3) is 3.64. The second-order valence-electron chi connectivity index (χ2n) is 8.05. The highest BCUT2D eigenvalue weighted by Crippen LogP contribution is 2.48. The Kier molecular flexibility index (Phi) is 5.44. The molecule has 0 saturated heterocycles. The molecule has 2 bridgehead atoms. The number of sulfone groups is 1. The minimum atomic E-state index is -3.63. The van der Waals surface area contributed by atoms with Crippen molar-refractivity contribution >= 4 is 15.9 Å². The van der Waals surface area contributed by atoms with E-state index in [1.165, 1.54) is 11.2 Å². The third-order valence-electron chi connectivity index (χ3n) is 6.22.